The van der Waals surface area contributed by atoms with Gasteiger partial charge >= 0.3 is 0 Å². The van der Waals surface area contributed by atoms with E-state index in [0.29, 0.717) is 23.8 Å². The molecule has 2 fully saturated rings. The molecule has 23 heavy (non-hydrogen) atoms. The predicted octanol–water partition coefficient (Wildman–Crippen LogP) is 2.13. The Labute approximate surface area is 136 Å². The molecular weight excluding hydrogens is 286 g/mol. The third-order valence-corrected chi connectivity index (χ3v) is 5.07. The summed E-state index contributed by atoms with van der Waals surface area (Å²) in [6.45, 7) is 2.01. The summed E-state index contributed by atoms with van der Waals surface area (Å²) in [6.07, 6.45) is 2.30. The Bertz CT molecular complexity index is 687. The summed E-state index contributed by atoms with van der Waals surface area (Å²) >= 11 is 0. The summed E-state index contributed by atoms with van der Waals surface area (Å²) in [7, 11) is 2.02. The number of nitrogens with one attached hydrogen (secondary N) is 1. The average molecular weight is 309 g/mol. The first-order chi connectivity index (χ1) is 11.2. The minimum atomic E-state index is 0.393. The van der Waals surface area contributed by atoms with Gasteiger partial charge in [-0.05, 0) is 31.4 Å². The molecule has 1 saturated heterocycles. The van der Waals surface area contributed by atoms with Gasteiger partial charge in [0.2, 0.25) is 5.95 Å². The second kappa shape index (κ2) is 5.81. The van der Waals surface area contributed by atoms with Gasteiger partial charge in [0.25, 0.3) is 0 Å². The van der Waals surface area contributed by atoms with Crippen LogP contribution in [-0.4, -0.2) is 36.1 Å². The topological polar surface area (TPSA) is 67.1 Å². The van der Waals surface area contributed by atoms with Crippen molar-refractivity contribution in [2.75, 3.05) is 30.8 Å². The Kier molecular flexibility index (Phi) is 3.65. The summed E-state index contributed by atoms with van der Waals surface area (Å²) in [6, 6.07) is 13.4. The lowest BCUT2D eigenvalue weighted by molar-refractivity contribution is 0.616. The summed E-state index contributed by atoms with van der Waals surface area (Å²) in [5.74, 6) is 2.42. The Hall–Kier alpha value is -2.14. The number of hydrogen-bond acceptors (Lipinski definition) is 5. The second-order valence-electron chi connectivity index (χ2n) is 6.59. The molecule has 1 aromatic heterocycles. The van der Waals surface area contributed by atoms with Crippen LogP contribution in [0.2, 0.25) is 0 Å². The van der Waals surface area contributed by atoms with Crippen molar-refractivity contribution in [3.05, 3.63) is 47.7 Å². The standard InChI is InChI=1S/C18H23N5/c1-20-13-7-8-23(11-13)17-10-16(21-18(19)22-17)15-9-14(15)12-5-3-2-4-6-12/h2-6,10,13-15,20H,7-9,11H2,1H3,(H2,19,21,22)/t13-,14+,15-/m1/s1. The minimum absolute atomic E-state index is 0.393. The van der Waals surface area contributed by atoms with Gasteiger partial charge in [0.05, 0.1) is 5.69 Å². The summed E-state index contributed by atoms with van der Waals surface area (Å²) in [5, 5.41) is 3.34. The normalized spacial score (nSPS) is 26.5. The molecule has 0 unspecified atom stereocenters. The van der Waals surface area contributed by atoms with Crippen molar-refractivity contribution in [3.8, 4) is 0 Å². The van der Waals surface area contributed by atoms with E-state index in [0.717, 1.165) is 37.4 Å². The van der Waals surface area contributed by atoms with Crippen LogP contribution in [0.15, 0.2) is 36.4 Å². The highest BCUT2D eigenvalue weighted by molar-refractivity contribution is 5.47. The van der Waals surface area contributed by atoms with Crippen molar-refractivity contribution in [3.63, 3.8) is 0 Å². The zero-order valence-corrected chi connectivity index (χ0v) is 13.4. The fraction of sp³-hybridized carbons (Fsp3) is 0.444. The van der Waals surface area contributed by atoms with Crippen LogP contribution in [-0.2, 0) is 0 Å². The molecule has 2 aromatic rings. The van der Waals surface area contributed by atoms with Crippen molar-refractivity contribution in [1.82, 2.24) is 15.3 Å². The van der Waals surface area contributed by atoms with Crippen LogP contribution in [0.25, 0.3) is 0 Å². The molecule has 2 heterocycles. The SMILES string of the molecule is CN[C@@H]1CCN(c2cc([C@@H]3C[C@H]3c3ccccc3)nc(N)n2)C1. The van der Waals surface area contributed by atoms with E-state index >= 15 is 0 Å². The number of aromatic nitrogens is 2. The first-order valence-electron chi connectivity index (χ1n) is 8.36. The van der Waals surface area contributed by atoms with E-state index in [4.69, 9.17) is 5.73 Å². The molecule has 3 atom stereocenters. The van der Waals surface area contributed by atoms with Crippen LogP contribution in [0.5, 0.6) is 0 Å². The van der Waals surface area contributed by atoms with Gasteiger partial charge in [-0.2, -0.15) is 4.98 Å². The number of anilines is 2. The third-order valence-electron chi connectivity index (χ3n) is 5.07. The maximum Gasteiger partial charge on any atom is 0.222 e. The van der Waals surface area contributed by atoms with Gasteiger partial charge in [0.15, 0.2) is 0 Å². The van der Waals surface area contributed by atoms with Crippen LogP contribution in [0, 0.1) is 0 Å². The number of nitrogen functional groups attached to an aromatic ring is 1. The largest absolute Gasteiger partial charge is 0.368 e. The Balaban J connectivity index is 1.54. The van der Waals surface area contributed by atoms with Crippen LogP contribution in [0.3, 0.4) is 0 Å². The molecule has 1 aliphatic carbocycles. The molecule has 0 amide bonds. The molecule has 1 saturated carbocycles. The van der Waals surface area contributed by atoms with E-state index in [1.165, 1.54) is 5.56 Å². The van der Waals surface area contributed by atoms with Gasteiger partial charge in [-0.1, -0.05) is 30.3 Å². The van der Waals surface area contributed by atoms with Gasteiger partial charge in [-0.25, -0.2) is 4.98 Å². The zero-order chi connectivity index (χ0) is 15.8. The first-order valence-corrected chi connectivity index (χ1v) is 8.36. The highest BCUT2D eigenvalue weighted by Crippen LogP contribution is 2.54. The molecule has 0 radical (unpaired) electrons. The fourth-order valence-corrected chi connectivity index (χ4v) is 3.62. The van der Waals surface area contributed by atoms with Crippen molar-refractivity contribution in [1.29, 1.82) is 0 Å². The lowest BCUT2D eigenvalue weighted by Crippen LogP contribution is -2.30. The molecule has 3 N–H and O–H groups in total. The van der Waals surface area contributed by atoms with E-state index in [1.807, 2.05) is 7.05 Å². The lowest BCUT2D eigenvalue weighted by atomic mass is 10.1. The van der Waals surface area contributed by atoms with Crippen molar-refractivity contribution < 1.29 is 0 Å². The smallest absolute Gasteiger partial charge is 0.222 e. The van der Waals surface area contributed by atoms with Crippen molar-refractivity contribution in [2.45, 2.75) is 30.7 Å². The molecule has 5 nitrogen and oxygen atoms in total. The molecule has 0 bridgehead atoms. The minimum Gasteiger partial charge on any atom is -0.368 e. The van der Waals surface area contributed by atoms with E-state index in [-0.39, 0.29) is 0 Å². The maximum absolute atomic E-state index is 5.98. The summed E-state index contributed by atoms with van der Waals surface area (Å²) in [4.78, 5) is 11.3. The van der Waals surface area contributed by atoms with E-state index < -0.39 is 0 Å². The van der Waals surface area contributed by atoms with E-state index in [9.17, 15) is 0 Å². The average Bonchev–Trinajstić information content (AvgIpc) is 3.24. The van der Waals surface area contributed by atoms with Crippen LogP contribution in [0.1, 0.15) is 35.9 Å². The molecule has 4 rings (SSSR count). The van der Waals surface area contributed by atoms with Gasteiger partial charge < -0.3 is 16.0 Å². The van der Waals surface area contributed by atoms with Gasteiger partial charge in [0.1, 0.15) is 5.82 Å². The van der Waals surface area contributed by atoms with Gasteiger partial charge in [-0.15, -0.1) is 0 Å². The number of hydrogen-bond donors (Lipinski definition) is 2. The van der Waals surface area contributed by atoms with Crippen LogP contribution >= 0.6 is 0 Å². The van der Waals surface area contributed by atoms with E-state index in [2.05, 4.69) is 56.6 Å². The lowest BCUT2D eigenvalue weighted by Gasteiger charge is -2.18. The van der Waals surface area contributed by atoms with Crippen molar-refractivity contribution in [2.24, 2.45) is 0 Å². The Morgan fingerprint density at radius 3 is 2.74 bits per heavy atom. The molecule has 5 heteroatoms. The number of nitrogens with zero attached hydrogens (tertiary/aromatic N) is 3. The van der Waals surface area contributed by atoms with Gasteiger partial charge in [0, 0.05) is 31.1 Å². The first kappa shape index (κ1) is 14.5. The van der Waals surface area contributed by atoms with Crippen molar-refractivity contribution >= 4 is 11.8 Å². The Morgan fingerprint density at radius 2 is 2.00 bits per heavy atom. The number of benzene rings is 1. The molecule has 120 valence electrons. The number of nitrogens with two attached hydrogens (primary N) is 1. The molecule has 0 spiro atoms. The molecular formula is C18H23N5. The number of likely N-dealkylation sites (N-methyl/N-ethyl adjacent to an activating group) is 1. The predicted molar refractivity (Wildman–Crippen MR) is 92.7 cm³/mol. The molecule has 2 aliphatic rings. The second-order valence-corrected chi connectivity index (χ2v) is 6.59. The maximum atomic E-state index is 5.98. The van der Waals surface area contributed by atoms with Gasteiger partial charge in [-0.3, -0.25) is 0 Å². The molecule has 1 aromatic carbocycles. The van der Waals surface area contributed by atoms with Crippen LogP contribution < -0.4 is 16.0 Å². The Morgan fingerprint density at radius 1 is 1.17 bits per heavy atom. The highest BCUT2D eigenvalue weighted by Gasteiger charge is 2.41. The highest BCUT2D eigenvalue weighted by atomic mass is 15.2. The molecule has 1 aliphatic heterocycles. The van der Waals surface area contributed by atoms with Crippen LogP contribution in [0.4, 0.5) is 11.8 Å². The monoisotopic (exact) mass is 309 g/mol. The third kappa shape index (κ3) is 2.88. The summed E-state index contributed by atoms with van der Waals surface area (Å²) < 4.78 is 0. The van der Waals surface area contributed by atoms with E-state index in [1.54, 1.807) is 0 Å². The number of rotatable bonds is 4. The zero-order valence-electron chi connectivity index (χ0n) is 13.4. The fourth-order valence-electron chi connectivity index (χ4n) is 3.62. The summed E-state index contributed by atoms with van der Waals surface area (Å²) in [5.41, 5.74) is 8.47. The quantitative estimate of drug-likeness (QED) is 0.905.